The lowest BCUT2D eigenvalue weighted by Gasteiger charge is -2.56. The van der Waals surface area contributed by atoms with E-state index in [0.717, 1.165) is 50.1 Å². The Labute approximate surface area is 165 Å². The number of amides is 3. The number of nitrogens with one attached hydrogen (secondary N) is 2. The number of imide groups is 1. The number of urea groups is 1. The summed E-state index contributed by atoms with van der Waals surface area (Å²) >= 11 is 1.69. The van der Waals surface area contributed by atoms with Crippen molar-refractivity contribution < 1.29 is 9.59 Å². The van der Waals surface area contributed by atoms with Crippen LogP contribution in [0.3, 0.4) is 0 Å². The first-order valence-electron chi connectivity index (χ1n) is 10.4. The Kier molecular flexibility index (Phi) is 5.30. The molecule has 1 aromatic rings. The van der Waals surface area contributed by atoms with Crippen molar-refractivity contribution in [3.05, 3.63) is 22.4 Å². The van der Waals surface area contributed by atoms with Crippen LogP contribution in [0.2, 0.25) is 0 Å². The Bertz CT molecular complexity index is 652. The lowest BCUT2D eigenvalue weighted by atomic mass is 9.53. The summed E-state index contributed by atoms with van der Waals surface area (Å²) in [6.07, 6.45) is 7.30. The first kappa shape index (κ1) is 18.9. The highest BCUT2D eigenvalue weighted by molar-refractivity contribution is 7.09. The van der Waals surface area contributed by atoms with E-state index in [1.165, 1.54) is 24.1 Å². The summed E-state index contributed by atoms with van der Waals surface area (Å²) in [7, 11) is 0. The average Bonchev–Trinajstić information content (AvgIpc) is 3.10. The van der Waals surface area contributed by atoms with Crippen molar-refractivity contribution in [2.24, 2.45) is 17.8 Å². The van der Waals surface area contributed by atoms with E-state index in [-0.39, 0.29) is 23.5 Å². The minimum Gasteiger partial charge on any atom is -0.332 e. The van der Waals surface area contributed by atoms with Gasteiger partial charge in [-0.2, -0.15) is 0 Å². The highest BCUT2D eigenvalue weighted by atomic mass is 32.1. The van der Waals surface area contributed by atoms with Crippen molar-refractivity contribution in [1.82, 2.24) is 15.5 Å². The molecular weight excluding hydrogens is 358 g/mol. The standard InChI is InChI=1S/C21H31N3O2S/c1-3-24(13-18-5-4-6-27-18)14(2)19(25)22-20(26)23-21-10-15-7-16(11-21)9-17(8-15)12-21/h4-6,14-17H,3,7-13H2,1-2H3,(H2,22,23,25,26)/t14-,15?,16?,17?,21?/m1/s1. The van der Waals surface area contributed by atoms with E-state index in [2.05, 4.69) is 21.6 Å². The Balaban J connectivity index is 1.33. The third-order valence-corrected chi connectivity index (χ3v) is 7.79. The van der Waals surface area contributed by atoms with E-state index in [9.17, 15) is 9.59 Å². The predicted octanol–water partition coefficient (Wildman–Crippen LogP) is 3.75. The van der Waals surface area contributed by atoms with Crippen molar-refractivity contribution in [2.75, 3.05) is 6.54 Å². The van der Waals surface area contributed by atoms with Crippen molar-refractivity contribution in [2.45, 2.75) is 70.5 Å². The maximum absolute atomic E-state index is 12.7. The minimum absolute atomic E-state index is 0.0657. The zero-order valence-corrected chi connectivity index (χ0v) is 17.2. The Morgan fingerprint density at radius 3 is 2.37 bits per heavy atom. The number of nitrogens with zero attached hydrogens (tertiary/aromatic N) is 1. The van der Waals surface area contributed by atoms with Crippen LogP contribution in [-0.2, 0) is 11.3 Å². The topological polar surface area (TPSA) is 61.4 Å². The maximum Gasteiger partial charge on any atom is 0.321 e. The molecule has 0 aliphatic heterocycles. The zero-order valence-electron chi connectivity index (χ0n) is 16.4. The normalized spacial score (nSPS) is 32.5. The third-order valence-electron chi connectivity index (χ3n) is 6.93. The van der Waals surface area contributed by atoms with Crippen LogP contribution in [0.4, 0.5) is 4.79 Å². The predicted molar refractivity (Wildman–Crippen MR) is 107 cm³/mol. The molecule has 5 rings (SSSR count). The number of rotatable bonds is 6. The molecule has 2 N–H and O–H groups in total. The molecule has 3 amide bonds. The summed E-state index contributed by atoms with van der Waals surface area (Å²) in [5.41, 5.74) is -0.0657. The van der Waals surface area contributed by atoms with Crippen molar-refractivity contribution in [3.63, 3.8) is 0 Å². The van der Waals surface area contributed by atoms with Gasteiger partial charge in [0.25, 0.3) is 0 Å². The van der Waals surface area contributed by atoms with E-state index in [0.29, 0.717) is 0 Å². The van der Waals surface area contributed by atoms with Crippen LogP contribution in [0.1, 0.15) is 57.2 Å². The number of thiophene rings is 1. The molecule has 1 heterocycles. The molecule has 0 saturated heterocycles. The van der Waals surface area contributed by atoms with Gasteiger partial charge in [0.1, 0.15) is 0 Å². The third kappa shape index (κ3) is 4.06. The molecule has 5 nitrogen and oxygen atoms in total. The van der Waals surface area contributed by atoms with Gasteiger partial charge in [-0.1, -0.05) is 13.0 Å². The van der Waals surface area contributed by atoms with Gasteiger partial charge < -0.3 is 5.32 Å². The summed E-state index contributed by atoms with van der Waals surface area (Å²) in [6.45, 7) is 5.43. The van der Waals surface area contributed by atoms with Crippen molar-refractivity contribution >= 4 is 23.3 Å². The molecular formula is C21H31N3O2S. The van der Waals surface area contributed by atoms with Gasteiger partial charge in [0, 0.05) is 17.0 Å². The van der Waals surface area contributed by atoms with Gasteiger partial charge >= 0.3 is 6.03 Å². The molecule has 27 heavy (non-hydrogen) atoms. The molecule has 4 bridgehead atoms. The first-order chi connectivity index (χ1) is 13.0. The molecule has 0 aromatic carbocycles. The number of hydrogen-bond donors (Lipinski definition) is 2. The van der Waals surface area contributed by atoms with Gasteiger partial charge in [-0.3, -0.25) is 15.0 Å². The largest absolute Gasteiger partial charge is 0.332 e. The Morgan fingerprint density at radius 1 is 1.22 bits per heavy atom. The second-order valence-electron chi connectivity index (χ2n) is 8.96. The zero-order chi connectivity index (χ0) is 19.0. The summed E-state index contributed by atoms with van der Waals surface area (Å²) in [5, 5.41) is 7.90. The lowest BCUT2D eigenvalue weighted by Crippen LogP contribution is -2.62. The molecule has 4 saturated carbocycles. The lowest BCUT2D eigenvalue weighted by molar-refractivity contribution is -0.125. The molecule has 148 valence electrons. The van der Waals surface area contributed by atoms with E-state index in [4.69, 9.17) is 0 Å². The average molecular weight is 390 g/mol. The molecule has 4 aliphatic rings. The molecule has 0 radical (unpaired) electrons. The quantitative estimate of drug-likeness (QED) is 0.779. The minimum atomic E-state index is -0.334. The molecule has 1 aromatic heterocycles. The second-order valence-corrected chi connectivity index (χ2v) is 9.99. The van der Waals surface area contributed by atoms with Crippen molar-refractivity contribution in [1.29, 1.82) is 0 Å². The molecule has 4 fully saturated rings. The summed E-state index contributed by atoms with van der Waals surface area (Å²) in [6, 6.07) is 3.47. The van der Waals surface area contributed by atoms with Crippen LogP contribution in [0.15, 0.2) is 17.5 Å². The number of hydrogen-bond acceptors (Lipinski definition) is 4. The van der Waals surface area contributed by atoms with Gasteiger partial charge in [0.05, 0.1) is 6.04 Å². The number of carbonyl (C=O) groups excluding carboxylic acids is 2. The van der Waals surface area contributed by atoms with E-state index < -0.39 is 0 Å². The highest BCUT2D eigenvalue weighted by Crippen LogP contribution is 2.55. The van der Waals surface area contributed by atoms with Gasteiger partial charge in [0.15, 0.2) is 0 Å². The molecule has 0 spiro atoms. The fraction of sp³-hybridized carbons (Fsp3) is 0.714. The van der Waals surface area contributed by atoms with Crippen LogP contribution in [0.5, 0.6) is 0 Å². The van der Waals surface area contributed by atoms with Crippen molar-refractivity contribution in [3.8, 4) is 0 Å². The Hall–Kier alpha value is -1.40. The summed E-state index contributed by atoms with van der Waals surface area (Å²) in [5.74, 6) is 2.10. The number of carbonyl (C=O) groups is 2. The molecule has 0 unspecified atom stereocenters. The maximum atomic E-state index is 12.7. The van der Waals surface area contributed by atoms with Crippen LogP contribution >= 0.6 is 11.3 Å². The summed E-state index contributed by atoms with van der Waals surface area (Å²) in [4.78, 5) is 28.6. The first-order valence-corrected chi connectivity index (χ1v) is 11.2. The second kappa shape index (κ2) is 7.55. The summed E-state index contributed by atoms with van der Waals surface area (Å²) < 4.78 is 0. The van der Waals surface area contributed by atoms with Gasteiger partial charge in [-0.25, -0.2) is 4.79 Å². The van der Waals surface area contributed by atoms with Gasteiger partial charge in [0.2, 0.25) is 5.91 Å². The van der Waals surface area contributed by atoms with E-state index in [1.807, 2.05) is 25.3 Å². The van der Waals surface area contributed by atoms with Gasteiger partial charge in [-0.15, -0.1) is 11.3 Å². The molecule has 4 aliphatic carbocycles. The van der Waals surface area contributed by atoms with Crippen LogP contribution in [0, 0.1) is 17.8 Å². The van der Waals surface area contributed by atoms with E-state index in [1.54, 1.807) is 11.3 Å². The fourth-order valence-electron chi connectivity index (χ4n) is 6.04. The number of likely N-dealkylation sites (N-methyl/N-ethyl adjacent to an activating group) is 1. The van der Waals surface area contributed by atoms with Crippen LogP contribution < -0.4 is 10.6 Å². The smallest absolute Gasteiger partial charge is 0.321 e. The van der Waals surface area contributed by atoms with Crippen LogP contribution in [0.25, 0.3) is 0 Å². The Morgan fingerprint density at radius 2 is 1.85 bits per heavy atom. The monoisotopic (exact) mass is 389 g/mol. The highest BCUT2D eigenvalue weighted by Gasteiger charge is 2.51. The fourth-order valence-corrected chi connectivity index (χ4v) is 6.77. The molecule has 1 atom stereocenters. The van der Waals surface area contributed by atoms with Crippen LogP contribution in [-0.4, -0.2) is 35.0 Å². The van der Waals surface area contributed by atoms with E-state index >= 15 is 0 Å². The molecule has 6 heteroatoms. The SMILES string of the molecule is CCN(Cc1cccs1)[C@H](C)C(=O)NC(=O)NC12CC3CC(CC(C3)C1)C2. The van der Waals surface area contributed by atoms with Gasteiger partial charge in [-0.05, 0) is 81.2 Å².